The van der Waals surface area contributed by atoms with E-state index in [1.165, 1.54) is 7.11 Å². The Hall–Kier alpha value is -2.04. The third-order valence-electron chi connectivity index (χ3n) is 3.91. The molecule has 2 rings (SSSR count). The van der Waals surface area contributed by atoms with Gasteiger partial charge in [-0.3, -0.25) is 4.79 Å². The minimum atomic E-state index is -0.558. The topological polar surface area (TPSA) is 55.8 Å². The van der Waals surface area contributed by atoms with Gasteiger partial charge in [-0.1, -0.05) is 30.3 Å². The number of methoxy groups -OCH3 is 1. The van der Waals surface area contributed by atoms with E-state index in [1.807, 2.05) is 51.1 Å². The second-order valence-corrected chi connectivity index (χ2v) is 6.95. The summed E-state index contributed by atoms with van der Waals surface area (Å²) in [6.07, 6.45) is 0.294. The van der Waals surface area contributed by atoms with Crippen LogP contribution in [0.2, 0.25) is 0 Å². The zero-order valence-corrected chi connectivity index (χ0v) is 14.2. The van der Waals surface area contributed by atoms with Crippen LogP contribution in [0.5, 0.6) is 0 Å². The van der Waals surface area contributed by atoms with Crippen molar-refractivity contribution in [3.63, 3.8) is 0 Å². The Bertz CT molecular complexity index is 550. The first-order valence-electron chi connectivity index (χ1n) is 7.91. The maximum Gasteiger partial charge on any atom is 0.410 e. The summed E-state index contributed by atoms with van der Waals surface area (Å²) in [7, 11) is 1.38. The van der Waals surface area contributed by atoms with Gasteiger partial charge in [-0.2, -0.15) is 0 Å². The molecule has 0 bridgehead atoms. The molecule has 1 amide bonds. The molecule has 0 saturated carbocycles. The van der Waals surface area contributed by atoms with E-state index in [9.17, 15) is 9.59 Å². The molecule has 1 aromatic carbocycles. The minimum Gasteiger partial charge on any atom is -0.469 e. The lowest BCUT2D eigenvalue weighted by Crippen LogP contribution is -2.47. The highest BCUT2D eigenvalue weighted by atomic mass is 16.6. The number of esters is 1. The van der Waals surface area contributed by atoms with Gasteiger partial charge >= 0.3 is 12.1 Å². The molecule has 5 nitrogen and oxygen atoms in total. The second kappa shape index (κ2) is 7.02. The number of piperidine rings is 1. The molecule has 1 heterocycles. The summed E-state index contributed by atoms with van der Waals surface area (Å²) < 4.78 is 10.3. The van der Waals surface area contributed by atoms with Crippen molar-refractivity contribution in [3.05, 3.63) is 35.9 Å². The highest BCUT2D eigenvalue weighted by Gasteiger charge is 2.36. The maximum atomic E-state index is 12.4. The Morgan fingerprint density at radius 1 is 1.13 bits per heavy atom. The van der Waals surface area contributed by atoms with E-state index in [-0.39, 0.29) is 23.9 Å². The zero-order valence-electron chi connectivity index (χ0n) is 14.2. The molecule has 1 fully saturated rings. The molecule has 1 aliphatic heterocycles. The van der Waals surface area contributed by atoms with E-state index in [1.54, 1.807) is 4.90 Å². The number of hydrogen-bond acceptors (Lipinski definition) is 4. The smallest absolute Gasteiger partial charge is 0.410 e. The largest absolute Gasteiger partial charge is 0.469 e. The molecular weight excluding hydrogens is 294 g/mol. The summed E-state index contributed by atoms with van der Waals surface area (Å²) in [6.45, 7) is 6.39. The van der Waals surface area contributed by atoms with Crippen LogP contribution < -0.4 is 0 Å². The van der Waals surface area contributed by atoms with Crippen molar-refractivity contribution in [2.45, 2.75) is 38.7 Å². The van der Waals surface area contributed by atoms with Gasteiger partial charge in [0, 0.05) is 19.0 Å². The fourth-order valence-electron chi connectivity index (χ4n) is 2.88. The van der Waals surface area contributed by atoms with Crippen LogP contribution in [0, 0.1) is 5.92 Å². The maximum absolute atomic E-state index is 12.4. The number of rotatable bonds is 2. The number of ether oxygens (including phenoxy) is 2. The van der Waals surface area contributed by atoms with E-state index in [2.05, 4.69) is 0 Å². The van der Waals surface area contributed by atoms with Gasteiger partial charge < -0.3 is 14.4 Å². The van der Waals surface area contributed by atoms with Gasteiger partial charge in [-0.25, -0.2) is 4.79 Å². The lowest BCUT2D eigenvalue weighted by atomic mass is 9.84. The number of carbonyl (C=O) groups excluding carboxylic acids is 2. The summed E-state index contributed by atoms with van der Waals surface area (Å²) in [5.41, 5.74) is 0.562. The molecule has 0 aromatic heterocycles. The molecule has 2 atom stereocenters. The SMILES string of the molecule is COC(=O)[C@H]1C[C@H](c2ccccc2)CN(C(=O)OC(C)(C)C)C1. The van der Waals surface area contributed by atoms with Gasteiger partial charge in [-0.05, 0) is 32.8 Å². The molecule has 0 spiro atoms. The average molecular weight is 319 g/mol. The Kier molecular flexibility index (Phi) is 5.29. The first-order valence-corrected chi connectivity index (χ1v) is 7.91. The van der Waals surface area contributed by atoms with E-state index in [0.29, 0.717) is 19.5 Å². The molecule has 0 radical (unpaired) electrons. The van der Waals surface area contributed by atoms with Crippen molar-refractivity contribution in [1.82, 2.24) is 4.90 Å². The number of amides is 1. The summed E-state index contributed by atoms with van der Waals surface area (Å²) in [5.74, 6) is -0.507. The van der Waals surface area contributed by atoms with Crippen molar-refractivity contribution in [2.24, 2.45) is 5.92 Å². The van der Waals surface area contributed by atoms with Gasteiger partial charge in [0.15, 0.2) is 0 Å². The average Bonchev–Trinajstić information content (AvgIpc) is 2.53. The standard InChI is InChI=1S/C18H25NO4/c1-18(2,3)23-17(21)19-11-14(13-8-6-5-7-9-13)10-15(12-19)16(20)22-4/h5-9,14-15H,10-12H2,1-4H3/t14-,15-/m0/s1. The van der Waals surface area contributed by atoms with E-state index >= 15 is 0 Å². The first kappa shape index (κ1) is 17.3. The van der Waals surface area contributed by atoms with E-state index < -0.39 is 5.60 Å². The molecule has 1 saturated heterocycles. The van der Waals surface area contributed by atoms with E-state index in [4.69, 9.17) is 9.47 Å². The van der Waals surface area contributed by atoms with Crippen molar-refractivity contribution in [3.8, 4) is 0 Å². The second-order valence-electron chi connectivity index (χ2n) is 6.95. The molecule has 1 aromatic rings. The monoisotopic (exact) mass is 319 g/mol. The fourth-order valence-corrected chi connectivity index (χ4v) is 2.88. The lowest BCUT2D eigenvalue weighted by Gasteiger charge is -2.37. The summed E-state index contributed by atoms with van der Waals surface area (Å²) in [4.78, 5) is 26.0. The fraction of sp³-hybridized carbons (Fsp3) is 0.556. The molecule has 23 heavy (non-hydrogen) atoms. The van der Waals surface area contributed by atoms with Crippen LogP contribution in [0.3, 0.4) is 0 Å². The summed E-state index contributed by atoms with van der Waals surface area (Å²) >= 11 is 0. The summed E-state index contributed by atoms with van der Waals surface area (Å²) in [5, 5.41) is 0. The normalized spacial score (nSPS) is 21.7. The van der Waals surface area contributed by atoms with Crippen molar-refractivity contribution < 1.29 is 19.1 Å². The van der Waals surface area contributed by atoms with Crippen LogP contribution in [0.4, 0.5) is 4.79 Å². The molecule has 1 aliphatic rings. The van der Waals surface area contributed by atoms with Crippen molar-refractivity contribution >= 4 is 12.1 Å². The van der Waals surface area contributed by atoms with Crippen LogP contribution >= 0.6 is 0 Å². The van der Waals surface area contributed by atoms with Crippen LogP contribution in [-0.2, 0) is 14.3 Å². The predicted molar refractivity (Wildman–Crippen MR) is 87.1 cm³/mol. The molecule has 0 N–H and O–H groups in total. The molecular formula is C18H25NO4. The number of likely N-dealkylation sites (tertiary alicyclic amines) is 1. The molecule has 5 heteroatoms. The molecule has 126 valence electrons. The predicted octanol–water partition coefficient (Wildman–Crippen LogP) is 3.20. The molecule has 0 unspecified atom stereocenters. The van der Waals surface area contributed by atoms with Crippen LogP contribution in [0.15, 0.2) is 30.3 Å². The number of carbonyl (C=O) groups is 2. The van der Waals surface area contributed by atoms with E-state index in [0.717, 1.165) is 5.56 Å². The number of benzene rings is 1. The first-order chi connectivity index (χ1) is 10.8. The lowest BCUT2D eigenvalue weighted by molar-refractivity contribution is -0.147. The van der Waals surface area contributed by atoms with Gasteiger partial charge in [0.1, 0.15) is 5.60 Å². The van der Waals surface area contributed by atoms with Crippen molar-refractivity contribution in [2.75, 3.05) is 20.2 Å². The van der Waals surface area contributed by atoms with Gasteiger partial charge in [0.05, 0.1) is 13.0 Å². The Morgan fingerprint density at radius 3 is 2.35 bits per heavy atom. The quantitative estimate of drug-likeness (QED) is 0.786. The highest BCUT2D eigenvalue weighted by Crippen LogP contribution is 2.31. The zero-order chi connectivity index (χ0) is 17.0. The molecule has 0 aliphatic carbocycles. The Balaban J connectivity index is 2.18. The van der Waals surface area contributed by atoms with Crippen LogP contribution in [0.1, 0.15) is 38.7 Å². The van der Waals surface area contributed by atoms with Crippen LogP contribution in [-0.4, -0.2) is 42.8 Å². The highest BCUT2D eigenvalue weighted by molar-refractivity contribution is 5.75. The Morgan fingerprint density at radius 2 is 1.78 bits per heavy atom. The van der Waals surface area contributed by atoms with Gasteiger partial charge in [-0.15, -0.1) is 0 Å². The van der Waals surface area contributed by atoms with Crippen molar-refractivity contribution in [1.29, 1.82) is 0 Å². The Labute approximate surface area is 137 Å². The van der Waals surface area contributed by atoms with Gasteiger partial charge in [0.25, 0.3) is 0 Å². The summed E-state index contributed by atoms with van der Waals surface area (Å²) in [6, 6.07) is 9.94. The third kappa shape index (κ3) is 4.71. The van der Waals surface area contributed by atoms with Gasteiger partial charge in [0.2, 0.25) is 0 Å². The third-order valence-corrected chi connectivity index (χ3v) is 3.91. The van der Waals surface area contributed by atoms with Crippen LogP contribution in [0.25, 0.3) is 0 Å². The minimum absolute atomic E-state index is 0.0987. The number of hydrogen-bond donors (Lipinski definition) is 0. The number of nitrogens with zero attached hydrogens (tertiary/aromatic N) is 1.